The first kappa shape index (κ1) is 15.0. The summed E-state index contributed by atoms with van der Waals surface area (Å²) in [7, 11) is 0. The standard InChI is InChI=1S/C16H23N5O/c1-3-14-19-16(22-20-14)11-21-8-7-13(10-21)9-17-15-6-4-5-12(2)18-15/h4-6,13H,3,7-11H2,1-2H3,(H,17,18)/t13-/m0/s1. The minimum atomic E-state index is 0.635. The van der Waals surface area contributed by atoms with Crippen LogP contribution in [-0.4, -0.2) is 39.7 Å². The van der Waals surface area contributed by atoms with Crippen LogP contribution < -0.4 is 5.32 Å². The monoisotopic (exact) mass is 301 g/mol. The fourth-order valence-electron chi connectivity index (χ4n) is 2.80. The summed E-state index contributed by atoms with van der Waals surface area (Å²) in [6.07, 6.45) is 2.01. The summed E-state index contributed by atoms with van der Waals surface area (Å²) in [6, 6.07) is 6.06. The van der Waals surface area contributed by atoms with E-state index in [1.165, 1.54) is 6.42 Å². The van der Waals surface area contributed by atoms with Crippen LogP contribution in [0, 0.1) is 12.8 Å². The van der Waals surface area contributed by atoms with E-state index < -0.39 is 0 Å². The molecule has 2 aromatic heterocycles. The summed E-state index contributed by atoms with van der Waals surface area (Å²) >= 11 is 0. The molecule has 118 valence electrons. The van der Waals surface area contributed by atoms with Crippen LogP contribution >= 0.6 is 0 Å². The Morgan fingerprint density at radius 2 is 2.27 bits per heavy atom. The number of likely N-dealkylation sites (tertiary alicyclic amines) is 1. The van der Waals surface area contributed by atoms with E-state index in [2.05, 4.69) is 25.3 Å². The summed E-state index contributed by atoms with van der Waals surface area (Å²) in [6.45, 7) is 7.90. The van der Waals surface area contributed by atoms with Gasteiger partial charge in [-0.3, -0.25) is 4.90 Å². The van der Waals surface area contributed by atoms with Crippen molar-refractivity contribution < 1.29 is 4.52 Å². The maximum atomic E-state index is 5.27. The van der Waals surface area contributed by atoms with Crippen LogP contribution in [0.1, 0.15) is 30.8 Å². The lowest BCUT2D eigenvalue weighted by Crippen LogP contribution is -2.23. The predicted molar refractivity (Wildman–Crippen MR) is 84.5 cm³/mol. The van der Waals surface area contributed by atoms with E-state index in [9.17, 15) is 0 Å². The van der Waals surface area contributed by atoms with Gasteiger partial charge in [-0.2, -0.15) is 4.98 Å². The lowest BCUT2D eigenvalue weighted by molar-refractivity contribution is 0.261. The van der Waals surface area contributed by atoms with Crippen LogP contribution in [0.25, 0.3) is 0 Å². The molecule has 1 fully saturated rings. The molecule has 3 rings (SSSR count). The quantitative estimate of drug-likeness (QED) is 0.883. The van der Waals surface area contributed by atoms with E-state index in [-0.39, 0.29) is 0 Å². The zero-order valence-corrected chi connectivity index (χ0v) is 13.2. The first-order valence-electron chi connectivity index (χ1n) is 7.94. The molecule has 0 unspecified atom stereocenters. The predicted octanol–water partition coefficient (Wildman–Crippen LogP) is 2.27. The molecule has 1 aliphatic heterocycles. The molecule has 0 amide bonds. The van der Waals surface area contributed by atoms with Crippen molar-refractivity contribution in [2.24, 2.45) is 5.92 Å². The van der Waals surface area contributed by atoms with Gasteiger partial charge in [0.25, 0.3) is 0 Å². The van der Waals surface area contributed by atoms with Gasteiger partial charge in [-0.1, -0.05) is 18.1 Å². The van der Waals surface area contributed by atoms with Gasteiger partial charge in [-0.15, -0.1) is 0 Å². The van der Waals surface area contributed by atoms with Gasteiger partial charge >= 0.3 is 0 Å². The highest BCUT2D eigenvalue weighted by Gasteiger charge is 2.23. The maximum absolute atomic E-state index is 5.27. The second-order valence-corrected chi connectivity index (χ2v) is 5.89. The van der Waals surface area contributed by atoms with E-state index in [1.807, 2.05) is 32.0 Å². The summed E-state index contributed by atoms with van der Waals surface area (Å²) in [5, 5.41) is 7.38. The van der Waals surface area contributed by atoms with Gasteiger partial charge in [0.1, 0.15) is 5.82 Å². The van der Waals surface area contributed by atoms with Gasteiger partial charge in [0.15, 0.2) is 5.82 Å². The lowest BCUT2D eigenvalue weighted by Gasteiger charge is -2.14. The van der Waals surface area contributed by atoms with E-state index in [4.69, 9.17) is 4.52 Å². The van der Waals surface area contributed by atoms with E-state index in [0.717, 1.165) is 55.8 Å². The van der Waals surface area contributed by atoms with E-state index in [1.54, 1.807) is 0 Å². The molecule has 6 nitrogen and oxygen atoms in total. The number of anilines is 1. The minimum absolute atomic E-state index is 0.635. The fraction of sp³-hybridized carbons (Fsp3) is 0.562. The number of nitrogens with zero attached hydrogens (tertiary/aromatic N) is 4. The average Bonchev–Trinajstić information content (AvgIpc) is 3.15. The molecule has 0 bridgehead atoms. The number of aromatic nitrogens is 3. The maximum Gasteiger partial charge on any atom is 0.240 e. The second kappa shape index (κ2) is 6.87. The van der Waals surface area contributed by atoms with E-state index in [0.29, 0.717) is 5.92 Å². The largest absolute Gasteiger partial charge is 0.370 e. The van der Waals surface area contributed by atoms with E-state index >= 15 is 0 Å². The number of pyridine rings is 1. The van der Waals surface area contributed by atoms with Gasteiger partial charge in [0.2, 0.25) is 5.89 Å². The molecule has 2 aromatic rings. The third-order valence-electron chi connectivity index (χ3n) is 4.02. The number of aryl methyl sites for hydroxylation is 2. The third-order valence-corrected chi connectivity index (χ3v) is 4.02. The molecule has 0 aromatic carbocycles. The summed E-state index contributed by atoms with van der Waals surface area (Å²) in [5.41, 5.74) is 1.04. The number of hydrogen-bond acceptors (Lipinski definition) is 6. The van der Waals surface area contributed by atoms with Crippen molar-refractivity contribution in [2.45, 2.75) is 33.2 Å². The Kier molecular flexibility index (Phi) is 4.68. The van der Waals surface area contributed by atoms with Gasteiger partial charge in [0.05, 0.1) is 6.54 Å². The molecule has 1 N–H and O–H groups in total. The van der Waals surface area contributed by atoms with Gasteiger partial charge in [-0.25, -0.2) is 4.98 Å². The van der Waals surface area contributed by atoms with Crippen LogP contribution in [0.5, 0.6) is 0 Å². The van der Waals surface area contributed by atoms with Crippen molar-refractivity contribution in [1.29, 1.82) is 0 Å². The Morgan fingerprint density at radius 3 is 3.05 bits per heavy atom. The molecule has 1 aliphatic rings. The first-order chi connectivity index (χ1) is 10.7. The number of nitrogens with one attached hydrogen (secondary N) is 1. The smallest absolute Gasteiger partial charge is 0.240 e. The zero-order chi connectivity index (χ0) is 15.4. The van der Waals surface area contributed by atoms with Crippen LogP contribution in [0.15, 0.2) is 22.7 Å². The van der Waals surface area contributed by atoms with Crippen molar-refractivity contribution in [3.05, 3.63) is 35.6 Å². The molecule has 1 saturated heterocycles. The van der Waals surface area contributed by atoms with Crippen LogP contribution in [0.4, 0.5) is 5.82 Å². The van der Waals surface area contributed by atoms with Gasteiger partial charge in [-0.05, 0) is 37.9 Å². The third kappa shape index (κ3) is 3.82. The molecular formula is C16H23N5O. The summed E-state index contributed by atoms with van der Waals surface area (Å²) < 4.78 is 5.27. The van der Waals surface area contributed by atoms with Crippen LogP contribution in [0.3, 0.4) is 0 Å². The topological polar surface area (TPSA) is 67.1 Å². The normalized spacial score (nSPS) is 18.7. The van der Waals surface area contributed by atoms with Crippen LogP contribution in [-0.2, 0) is 13.0 Å². The number of rotatable bonds is 6. The van der Waals surface area contributed by atoms with Crippen molar-refractivity contribution >= 4 is 5.82 Å². The molecule has 22 heavy (non-hydrogen) atoms. The molecular weight excluding hydrogens is 278 g/mol. The average molecular weight is 301 g/mol. The summed E-state index contributed by atoms with van der Waals surface area (Å²) in [5.74, 6) is 3.11. The highest BCUT2D eigenvalue weighted by atomic mass is 16.5. The molecule has 0 saturated carbocycles. The van der Waals surface area contributed by atoms with Crippen molar-refractivity contribution in [3.63, 3.8) is 0 Å². The molecule has 3 heterocycles. The highest BCUT2D eigenvalue weighted by molar-refractivity contribution is 5.35. The Labute approximate surface area is 130 Å². The zero-order valence-electron chi connectivity index (χ0n) is 13.2. The van der Waals surface area contributed by atoms with Crippen molar-refractivity contribution in [3.8, 4) is 0 Å². The molecule has 6 heteroatoms. The fourth-order valence-corrected chi connectivity index (χ4v) is 2.80. The molecule has 0 spiro atoms. The lowest BCUT2D eigenvalue weighted by atomic mass is 10.1. The Hall–Kier alpha value is -1.95. The Bertz CT molecular complexity index is 612. The highest BCUT2D eigenvalue weighted by Crippen LogP contribution is 2.19. The van der Waals surface area contributed by atoms with Gasteiger partial charge < -0.3 is 9.84 Å². The molecule has 0 radical (unpaired) electrons. The SMILES string of the molecule is CCc1noc(CN2CC[C@@H](CNc3cccc(C)n3)C2)n1. The second-order valence-electron chi connectivity index (χ2n) is 5.89. The summed E-state index contributed by atoms with van der Waals surface area (Å²) in [4.78, 5) is 11.2. The van der Waals surface area contributed by atoms with Gasteiger partial charge in [0, 0.05) is 25.2 Å². The molecule has 1 atom stereocenters. The Balaban J connectivity index is 1.46. The minimum Gasteiger partial charge on any atom is -0.370 e. The first-order valence-corrected chi connectivity index (χ1v) is 7.94. The number of hydrogen-bond donors (Lipinski definition) is 1. The van der Waals surface area contributed by atoms with Crippen molar-refractivity contribution in [2.75, 3.05) is 25.0 Å². The molecule has 0 aliphatic carbocycles. The van der Waals surface area contributed by atoms with Crippen LogP contribution in [0.2, 0.25) is 0 Å². The Morgan fingerprint density at radius 1 is 1.36 bits per heavy atom. The van der Waals surface area contributed by atoms with Crippen molar-refractivity contribution in [1.82, 2.24) is 20.0 Å².